The Balaban J connectivity index is 4.24. The van der Waals surface area contributed by atoms with Gasteiger partial charge in [0.05, 0.1) is 19.3 Å². The van der Waals surface area contributed by atoms with Crippen molar-refractivity contribution >= 4 is 6.09 Å². The van der Waals surface area contributed by atoms with Crippen LogP contribution in [-0.4, -0.2) is 52.6 Å². The third-order valence-electron chi connectivity index (χ3n) is 1.95. The number of aliphatic hydroxyl groups excluding tert-OH is 1. The summed E-state index contributed by atoms with van der Waals surface area (Å²) in [5.74, 6) is 0. The van der Waals surface area contributed by atoms with Crippen LogP contribution >= 0.6 is 0 Å². The average Bonchev–Trinajstić information content (AvgIpc) is 2.08. The Morgan fingerprint density at radius 1 is 1.47 bits per heavy atom. The fourth-order valence-corrected chi connectivity index (χ4v) is 1.16. The molecule has 0 spiro atoms. The molecule has 2 N–H and O–H groups in total. The second kappa shape index (κ2) is 5.92. The number of carbonyl (C=O) groups is 1. The van der Waals surface area contributed by atoms with E-state index in [4.69, 9.17) is 9.84 Å². The molecule has 0 aliphatic carbocycles. The molecule has 15 heavy (non-hydrogen) atoms. The van der Waals surface area contributed by atoms with Crippen LogP contribution in [0.3, 0.4) is 0 Å². The third kappa shape index (κ3) is 5.59. The van der Waals surface area contributed by atoms with Gasteiger partial charge in [0.2, 0.25) is 0 Å². The van der Waals surface area contributed by atoms with E-state index in [1.807, 2.05) is 6.92 Å². The Morgan fingerprint density at radius 2 is 2.00 bits per heavy atom. The van der Waals surface area contributed by atoms with Gasteiger partial charge in [-0.05, 0) is 27.7 Å². The van der Waals surface area contributed by atoms with Crippen molar-refractivity contribution in [3.05, 3.63) is 0 Å². The van der Waals surface area contributed by atoms with E-state index >= 15 is 0 Å². The smallest absolute Gasteiger partial charge is 0.407 e. The van der Waals surface area contributed by atoms with E-state index in [1.54, 1.807) is 20.8 Å². The van der Waals surface area contributed by atoms with Gasteiger partial charge in [0, 0.05) is 12.1 Å². The van der Waals surface area contributed by atoms with Crippen LogP contribution in [-0.2, 0) is 4.74 Å². The normalized spacial score (nSPS) is 13.7. The number of hydrogen-bond donors (Lipinski definition) is 2. The van der Waals surface area contributed by atoms with Crippen molar-refractivity contribution < 1.29 is 19.7 Å². The lowest BCUT2D eigenvalue weighted by molar-refractivity contribution is 0.00567. The van der Waals surface area contributed by atoms with E-state index in [0.717, 1.165) is 0 Å². The number of rotatable bonds is 5. The first-order chi connectivity index (χ1) is 6.79. The van der Waals surface area contributed by atoms with Gasteiger partial charge in [0.25, 0.3) is 0 Å². The van der Waals surface area contributed by atoms with Gasteiger partial charge in [0.15, 0.2) is 0 Å². The van der Waals surface area contributed by atoms with E-state index < -0.39 is 17.7 Å². The second-order valence-electron chi connectivity index (χ2n) is 4.38. The first kappa shape index (κ1) is 14.2. The molecule has 5 nitrogen and oxygen atoms in total. The molecule has 1 amide bonds. The SMILES string of the molecule is CCOCC(O)CN(C(=O)O)C(C)(C)C. The molecule has 0 bridgehead atoms. The van der Waals surface area contributed by atoms with Crippen LogP contribution in [0.4, 0.5) is 4.79 Å². The van der Waals surface area contributed by atoms with E-state index in [9.17, 15) is 9.90 Å². The Morgan fingerprint density at radius 3 is 2.33 bits per heavy atom. The number of hydrogen-bond acceptors (Lipinski definition) is 3. The fourth-order valence-electron chi connectivity index (χ4n) is 1.16. The lowest BCUT2D eigenvalue weighted by Gasteiger charge is -2.34. The second-order valence-corrected chi connectivity index (χ2v) is 4.38. The number of ether oxygens (including phenoxy) is 1. The van der Waals surface area contributed by atoms with Gasteiger partial charge in [-0.1, -0.05) is 0 Å². The lowest BCUT2D eigenvalue weighted by atomic mass is 10.1. The minimum Gasteiger partial charge on any atom is -0.465 e. The minimum absolute atomic E-state index is 0.0683. The Hall–Kier alpha value is -0.810. The van der Waals surface area contributed by atoms with Crippen molar-refractivity contribution in [1.29, 1.82) is 0 Å². The maximum atomic E-state index is 10.9. The summed E-state index contributed by atoms with van der Waals surface area (Å²) in [6.07, 6.45) is -1.81. The molecular formula is C10H21NO4. The number of nitrogens with zero attached hydrogens (tertiary/aromatic N) is 1. The van der Waals surface area contributed by atoms with E-state index in [-0.39, 0.29) is 13.2 Å². The Bertz CT molecular complexity index is 200. The maximum Gasteiger partial charge on any atom is 0.407 e. The monoisotopic (exact) mass is 219 g/mol. The summed E-state index contributed by atoms with van der Waals surface area (Å²) in [5.41, 5.74) is -0.515. The number of amides is 1. The summed E-state index contributed by atoms with van der Waals surface area (Å²) in [5, 5.41) is 18.5. The summed E-state index contributed by atoms with van der Waals surface area (Å²) >= 11 is 0. The van der Waals surface area contributed by atoms with Gasteiger partial charge in [-0.3, -0.25) is 0 Å². The quantitative estimate of drug-likeness (QED) is 0.728. The highest BCUT2D eigenvalue weighted by Gasteiger charge is 2.27. The molecule has 1 unspecified atom stereocenters. The van der Waals surface area contributed by atoms with Gasteiger partial charge in [0.1, 0.15) is 0 Å². The highest BCUT2D eigenvalue weighted by Crippen LogP contribution is 2.13. The topological polar surface area (TPSA) is 70.0 Å². The highest BCUT2D eigenvalue weighted by molar-refractivity contribution is 5.66. The average molecular weight is 219 g/mol. The molecule has 0 aromatic heterocycles. The Labute approximate surface area is 90.6 Å². The summed E-state index contributed by atoms with van der Waals surface area (Å²) in [7, 11) is 0. The highest BCUT2D eigenvalue weighted by atomic mass is 16.5. The molecule has 0 heterocycles. The van der Waals surface area contributed by atoms with Crippen molar-refractivity contribution in [3.63, 3.8) is 0 Å². The van der Waals surface area contributed by atoms with E-state index in [1.165, 1.54) is 4.90 Å². The molecule has 1 atom stereocenters. The van der Waals surface area contributed by atoms with Crippen LogP contribution in [0.2, 0.25) is 0 Å². The first-order valence-electron chi connectivity index (χ1n) is 5.05. The predicted molar refractivity (Wildman–Crippen MR) is 57.0 cm³/mol. The van der Waals surface area contributed by atoms with Gasteiger partial charge in [-0.15, -0.1) is 0 Å². The van der Waals surface area contributed by atoms with Gasteiger partial charge in [-0.2, -0.15) is 0 Å². The Kier molecular flexibility index (Phi) is 5.60. The molecule has 0 saturated carbocycles. The molecule has 0 fully saturated rings. The summed E-state index contributed by atoms with van der Waals surface area (Å²) < 4.78 is 5.02. The van der Waals surface area contributed by atoms with Crippen LogP contribution in [0.25, 0.3) is 0 Å². The molecule has 0 radical (unpaired) electrons. The molecule has 0 saturated heterocycles. The number of β-amino-alcohol motifs (C(OH)–C–C–N with tert-alkyl or cyclic N) is 1. The molecule has 0 rings (SSSR count). The zero-order valence-electron chi connectivity index (χ0n) is 9.86. The van der Waals surface area contributed by atoms with Crippen LogP contribution in [0.5, 0.6) is 0 Å². The van der Waals surface area contributed by atoms with Crippen molar-refractivity contribution in [1.82, 2.24) is 4.90 Å². The number of carboxylic acid groups (broad SMARTS) is 1. The first-order valence-corrected chi connectivity index (χ1v) is 5.05. The van der Waals surface area contributed by atoms with Crippen molar-refractivity contribution in [3.8, 4) is 0 Å². The van der Waals surface area contributed by atoms with Crippen molar-refractivity contribution in [2.75, 3.05) is 19.8 Å². The lowest BCUT2D eigenvalue weighted by Crippen LogP contribution is -2.49. The fraction of sp³-hybridized carbons (Fsp3) is 0.900. The van der Waals surface area contributed by atoms with Gasteiger partial charge in [-0.25, -0.2) is 4.79 Å². The molecule has 90 valence electrons. The molecular weight excluding hydrogens is 198 g/mol. The standard InChI is InChI=1S/C10H21NO4/c1-5-15-7-8(12)6-11(9(13)14)10(2,3)4/h8,12H,5-7H2,1-4H3,(H,13,14). The zero-order chi connectivity index (χ0) is 12.1. The zero-order valence-corrected chi connectivity index (χ0v) is 9.86. The summed E-state index contributed by atoms with van der Waals surface area (Å²) in [4.78, 5) is 12.1. The van der Waals surface area contributed by atoms with E-state index in [2.05, 4.69) is 0 Å². The molecule has 0 aliphatic rings. The van der Waals surface area contributed by atoms with Crippen molar-refractivity contribution in [2.24, 2.45) is 0 Å². The van der Waals surface area contributed by atoms with Gasteiger partial charge < -0.3 is 19.8 Å². The molecule has 0 aromatic rings. The van der Waals surface area contributed by atoms with Crippen LogP contribution in [0.1, 0.15) is 27.7 Å². The maximum absolute atomic E-state index is 10.9. The predicted octanol–water partition coefficient (Wildman–Crippen LogP) is 1.16. The number of aliphatic hydroxyl groups is 1. The molecule has 5 heteroatoms. The molecule has 0 aromatic carbocycles. The van der Waals surface area contributed by atoms with Gasteiger partial charge >= 0.3 is 6.09 Å². The van der Waals surface area contributed by atoms with E-state index in [0.29, 0.717) is 6.61 Å². The largest absolute Gasteiger partial charge is 0.465 e. The summed E-state index contributed by atoms with van der Waals surface area (Å²) in [6.45, 7) is 7.93. The van der Waals surface area contributed by atoms with Crippen molar-refractivity contribution in [2.45, 2.75) is 39.3 Å². The van der Waals surface area contributed by atoms with Crippen LogP contribution in [0.15, 0.2) is 0 Å². The minimum atomic E-state index is -1.03. The summed E-state index contributed by atoms with van der Waals surface area (Å²) in [6, 6.07) is 0. The molecule has 0 aliphatic heterocycles. The third-order valence-corrected chi connectivity index (χ3v) is 1.95. The van der Waals surface area contributed by atoms with Crippen LogP contribution < -0.4 is 0 Å². The van der Waals surface area contributed by atoms with Crippen LogP contribution in [0, 0.1) is 0 Å².